The number of carbonyl (C=O) groups excluding carboxylic acids is 1. The molecule has 21 heavy (non-hydrogen) atoms. The standard InChI is InChI=1S/C15H16F2N2O2/c1-18-9-3-4-13(18)14(20)19(2)10-11-5-7-12(8-6-11)21-15(16)17/h3-9,15H,10H2,1-2H3. The Morgan fingerprint density at radius 2 is 1.95 bits per heavy atom. The van der Waals surface area contributed by atoms with Gasteiger partial charge in [0.05, 0.1) is 0 Å². The molecule has 0 N–H and O–H groups in total. The number of rotatable bonds is 5. The van der Waals surface area contributed by atoms with Crippen molar-refractivity contribution in [2.45, 2.75) is 13.2 Å². The summed E-state index contributed by atoms with van der Waals surface area (Å²) in [5.41, 5.74) is 1.43. The highest BCUT2D eigenvalue weighted by Crippen LogP contribution is 2.16. The van der Waals surface area contributed by atoms with Crippen LogP contribution in [0.1, 0.15) is 16.1 Å². The summed E-state index contributed by atoms with van der Waals surface area (Å²) in [7, 11) is 3.50. The maximum absolute atomic E-state index is 12.2. The third-order valence-corrected chi connectivity index (χ3v) is 3.08. The van der Waals surface area contributed by atoms with Gasteiger partial charge in [0.25, 0.3) is 5.91 Å². The molecule has 0 bridgehead atoms. The highest BCUT2D eigenvalue weighted by Gasteiger charge is 2.14. The van der Waals surface area contributed by atoms with Gasteiger partial charge in [-0.2, -0.15) is 8.78 Å². The fourth-order valence-electron chi connectivity index (χ4n) is 2.00. The van der Waals surface area contributed by atoms with Gasteiger partial charge in [0.1, 0.15) is 11.4 Å². The average molecular weight is 294 g/mol. The highest BCUT2D eigenvalue weighted by molar-refractivity contribution is 5.92. The van der Waals surface area contributed by atoms with Crippen LogP contribution >= 0.6 is 0 Å². The van der Waals surface area contributed by atoms with Gasteiger partial charge in [-0.05, 0) is 29.8 Å². The molecule has 0 saturated heterocycles. The van der Waals surface area contributed by atoms with Crippen LogP contribution in [0.3, 0.4) is 0 Å². The molecule has 1 amide bonds. The van der Waals surface area contributed by atoms with Crippen LogP contribution < -0.4 is 4.74 Å². The lowest BCUT2D eigenvalue weighted by atomic mass is 10.2. The van der Waals surface area contributed by atoms with Crippen molar-refractivity contribution < 1.29 is 18.3 Å². The number of hydrogen-bond donors (Lipinski definition) is 0. The Hall–Kier alpha value is -2.37. The largest absolute Gasteiger partial charge is 0.435 e. The van der Waals surface area contributed by atoms with Gasteiger partial charge in [0.2, 0.25) is 0 Å². The van der Waals surface area contributed by atoms with Crippen molar-refractivity contribution in [3.05, 3.63) is 53.9 Å². The van der Waals surface area contributed by atoms with E-state index < -0.39 is 6.61 Å². The molecule has 1 aromatic heterocycles. The van der Waals surface area contributed by atoms with Crippen LogP contribution in [-0.2, 0) is 13.6 Å². The smallest absolute Gasteiger partial charge is 0.387 e. The first-order chi connectivity index (χ1) is 9.97. The number of alkyl halides is 2. The molecule has 0 aliphatic heterocycles. The van der Waals surface area contributed by atoms with E-state index in [1.165, 1.54) is 12.1 Å². The molecule has 1 aromatic carbocycles. The molecule has 112 valence electrons. The van der Waals surface area contributed by atoms with E-state index >= 15 is 0 Å². The zero-order valence-corrected chi connectivity index (χ0v) is 11.8. The number of amides is 1. The third-order valence-electron chi connectivity index (χ3n) is 3.08. The van der Waals surface area contributed by atoms with Crippen molar-refractivity contribution in [3.63, 3.8) is 0 Å². The molecule has 4 nitrogen and oxygen atoms in total. The molecule has 2 rings (SSSR count). The van der Waals surface area contributed by atoms with Gasteiger partial charge in [0.15, 0.2) is 0 Å². The van der Waals surface area contributed by atoms with Crippen molar-refractivity contribution in [1.29, 1.82) is 0 Å². The van der Waals surface area contributed by atoms with Gasteiger partial charge in [-0.1, -0.05) is 12.1 Å². The normalized spacial score (nSPS) is 10.7. The van der Waals surface area contributed by atoms with Crippen molar-refractivity contribution in [3.8, 4) is 5.75 Å². The molecule has 2 aromatic rings. The summed E-state index contributed by atoms with van der Waals surface area (Å²) in [4.78, 5) is 13.8. The molecule has 0 spiro atoms. The number of ether oxygens (including phenoxy) is 1. The molecular formula is C15H16F2N2O2. The summed E-state index contributed by atoms with van der Waals surface area (Å²) in [5.74, 6) is 0.000529. The minimum Gasteiger partial charge on any atom is -0.435 e. The van der Waals surface area contributed by atoms with E-state index in [0.717, 1.165) is 5.56 Å². The lowest BCUT2D eigenvalue weighted by molar-refractivity contribution is -0.0498. The molecule has 0 atom stereocenters. The van der Waals surface area contributed by atoms with Crippen LogP contribution in [0.15, 0.2) is 42.6 Å². The second-order valence-corrected chi connectivity index (χ2v) is 4.69. The summed E-state index contributed by atoms with van der Waals surface area (Å²) < 4.78 is 30.1. The van der Waals surface area contributed by atoms with Crippen molar-refractivity contribution >= 4 is 5.91 Å². The fraction of sp³-hybridized carbons (Fsp3) is 0.267. The van der Waals surface area contributed by atoms with Gasteiger partial charge in [-0.3, -0.25) is 4.79 Å². The number of halogens is 2. The zero-order valence-electron chi connectivity index (χ0n) is 11.8. The Morgan fingerprint density at radius 3 is 2.48 bits per heavy atom. The van der Waals surface area contributed by atoms with Crippen molar-refractivity contribution in [2.75, 3.05) is 7.05 Å². The summed E-state index contributed by atoms with van der Waals surface area (Å²) >= 11 is 0. The first-order valence-electron chi connectivity index (χ1n) is 6.38. The van der Waals surface area contributed by atoms with Crippen molar-refractivity contribution in [1.82, 2.24) is 9.47 Å². The summed E-state index contributed by atoms with van der Waals surface area (Å²) in [6.07, 6.45) is 1.80. The number of hydrogen-bond acceptors (Lipinski definition) is 2. The molecule has 6 heteroatoms. The summed E-state index contributed by atoms with van der Waals surface area (Å²) in [6.45, 7) is -2.45. The Balaban J connectivity index is 2.01. The predicted octanol–water partition coefficient (Wildman–Crippen LogP) is 2.90. The van der Waals surface area contributed by atoms with E-state index in [4.69, 9.17) is 0 Å². The second-order valence-electron chi connectivity index (χ2n) is 4.69. The van der Waals surface area contributed by atoms with Crippen LogP contribution in [0.25, 0.3) is 0 Å². The molecule has 0 radical (unpaired) electrons. The van der Waals surface area contributed by atoms with E-state index in [1.807, 2.05) is 0 Å². The molecule has 0 fully saturated rings. The number of carbonyl (C=O) groups is 1. The van der Waals surface area contributed by atoms with E-state index in [0.29, 0.717) is 12.2 Å². The van der Waals surface area contributed by atoms with Gasteiger partial charge < -0.3 is 14.2 Å². The number of nitrogens with zero attached hydrogens (tertiary/aromatic N) is 2. The predicted molar refractivity (Wildman–Crippen MR) is 74.3 cm³/mol. The first-order valence-corrected chi connectivity index (χ1v) is 6.38. The van der Waals surface area contributed by atoms with E-state index in [-0.39, 0.29) is 11.7 Å². The van der Waals surface area contributed by atoms with Gasteiger partial charge in [0, 0.05) is 26.8 Å². The van der Waals surface area contributed by atoms with Crippen molar-refractivity contribution in [2.24, 2.45) is 7.05 Å². The number of aromatic nitrogens is 1. The van der Waals surface area contributed by atoms with Gasteiger partial charge in [-0.15, -0.1) is 0 Å². The number of aryl methyl sites for hydroxylation is 1. The molecule has 0 aliphatic carbocycles. The molecule has 1 heterocycles. The topological polar surface area (TPSA) is 34.5 Å². The van der Waals surface area contributed by atoms with E-state index in [1.54, 1.807) is 54.0 Å². The molecule has 0 saturated carbocycles. The maximum atomic E-state index is 12.2. The Morgan fingerprint density at radius 1 is 1.29 bits per heavy atom. The summed E-state index contributed by atoms with van der Waals surface area (Å²) in [6, 6.07) is 9.79. The SMILES string of the molecule is CN(Cc1ccc(OC(F)F)cc1)C(=O)c1cccn1C. The lowest BCUT2D eigenvalue weighted by Crippen LogP contribution is -2.27. The Bertz CT molecular complexity index is 608. The number of benzene rings is 1. The summed E-state index contributed by atoms with van der Waals surface area (Å²) in [5, 5.41) is 0. The minimum absolute atomic E-state index is 0.101. The fourth-order valence-corrected chi connectivity index (χ4v) is 2.00. The minimum atomic E-state index is -2.84. The third kappa shape index (κ3) is 3.81. The van der Waals surface area contributed by atoms with Crippen LogP contribution in [0.5, 0.6) is 5.75 Å². The maximum Gasteiger partial charge on any atom is 0.387 e. The lowest BCUT2D eigenvalue weighted by Gasteiger charge is -2.18. The van der Waals surface area contributed by atoms with E-state index in [9.17, 15) is 13.6 Å². The first kappa shape index (κ1) is 15.0. The van der Waals surface area contributed by atoms with Crippen LogP contribution in [0.4, 0.5) is 8.78 Å². The van der Waals surface area contributed by atoms with Crippen LogP contribution in [0, 0.1) is 0 Å². The monoisotopic (exact) mass is 294 g/mol. The van der Waals surface area contributed by atoms with Crippen LogP contribution in [0.2, 0.25) is 0 Å². The highest BCUT2D eigenvalue weighted by atomic mass is 19.3. The molecule has 0 aliphatic rings. The average Bonchev–Trinajstić information content (AvgIpc) is 2.85. The Labute approximate surface area is 121 Å². The molecule has 0 unspecified atom stereocenters. The zero-order chi connectivity index (χ0) is 15.4. The van der Waals surface area contributed by atoms with Crippen LogP contribution in [-0.4, -0.2) is 29.0 Å². The molecular weight excluding hydrogens is 278 g/mol. The Kier molecular flexibility index (Phi) is 4.57. The van der Waals surface area contributed by atoms with E-state index in [2.05, 4.69) is 4.74 Å². The second kappa shape index (κ2) is 6.39. The van der Waals surface area contributed by atoms with Gasteiger partial charge in [-0.25, -0.2) is 0 Å². The van der Waals surface area contributed by atoms with Gasteiger partial charge >= 0.3 is 6.61 Å². The quantitative estimate of drug-likeness (QED) is 0.850.